The zero-order valence-corrected chi connectivity index (χ0v) is 16.7. The monoisotopic (exact) mass is 357 g/mol. The van der Waals surface area contributed by atoms with Gasteiger partial charge in [-0.15, -0.1) is 5.10 Å². The first-order valence-corrected chi connectivity index (χ1v) is 9.67. The number of unbranched alkanes of at least 4 members (excludes halogenated alkanes) is 1. The molecule has 0 spiro atoms. The van der Waals surface area contributed by atoms with E-state index in [1.54, 1.807) is 0 Å². The van der Waals surface area contributed by atoms with Gasteiger partial charge in [0.05, 0.1) is 6.61 Å². The van der Waals surface area contributed by atoms with Gasteiger partial charge in [-0.3, -0.25) is 4.79 Å². The lowest BCUT2D eigenvalue weighted by Crippen LogP contribution is -2.23. The summed E-state index contributed by atoms with van der Waals surface area (Å²) in [5.74, 6) is 0.888. The summed E-state index contributed by atoms with van der Waals surface area (Å²) in [5, 5.41) is 4.39. The van der Waals surface area contributed by atoms with E-state index in [0.717, 1.165) is 36.8 Å². The second-order valence-electron chi connectivity index (χ2n) is 7.29. The molecule has 1 aromatic carbocycles. The number of benzene rings is 1. The number of hydrogen-bond acceptors (Lipinski definition) is 4. The van der Waals surface area contributed by atoms with Crippen LogP contribution >= 0.6 is 0 Å². The maximum Gasteiger partial charge on any atom is 0.336 e. The minimum absolute atomic E-state index is 0.00317. The van der Waals surface area contributed by atoms with E-state index in [0.29, 0.717) is 18.3 Å². The predicted octanol–water partition coefficient (Wildman–Crippen LogP) is 5.14. The molecular formula is C21H31N3O2. The Kier molecular flexibility index (Phi) is 7.37. The van der Waals surface area contributed by atoms with Crippen LogP contribution in [0, 0.1) is 18.8 Å². The van der Waals surface area contributed by atoms with Crippen LogP contribution in [0.1, 0.15) is 63.7 Å². The Labute approximate surface area is 156 Å². The zero-order valence-electron chi connectivity index (χ0n) is 16.7. The topological polar surface area (TPSA) is 57.0 Å². The molecule has 0 N–H and O–H groups in total. The van der Waals surface area contributed by atoms with Gasteiger partial charge in [-0.2, -0.15) is 9.67 Å². The summed E-state index contributed by atoms with van der Waals surface area (Å²) in [4.78, 5) is 17.6. The van der Waals surface area contributed by atoms with Gasteiger partial charge in [0, 0.05) is 11.5 Å². The van der Waals surface area contributed by atoms with Crippen LogP contribution in [0.15, 0.2) is 24.3 Å². The van der Waals surface area contributed by atoms with Gasteiger partial charge in [0.2, 0.25) is 0 Å². The van der Waals surface area contributed by atoms with Crippen molar-refractivity contribution in [3.8, 4) is 17.4 Å². The molecule has 0 aliphatic carbocycles. The molecule has 0 aliphatic rings. The number of ether oxygens (including phenoxy) is 1. The van der Waals surface area contributed by atoms with E-state index in [1.807, 2.05) is 31.2 Å². The maximum atomic E-state index is 13.1. The highest BCUT2D eigenvalue weighted by molar-refractivity contribution is 5.84. The molecule has 0 fully saturated rings. The third kappa shape index (κ3) is 5.16. The van der Waals surface area contributed by atoms with E-state index in [4.69, 9.17) is 4.74 Å². The van der Waals surface area contributed by atoms with Gasteiger partial charge in [-0.1, -0.05) is 70.4 Å². The molecule has 0 bridgehead atoms. The smallest absolute Gasteiger partial charge is 0.336 e. The third-order valence-corrected chi connectivity index (χ3v) is 4.40. The molecule has 2 rings (SSSR count). The Hall–Kier alpha value is -2.17. The van der Waals surface area contributed by atoms with Crippen LogP contribution in [0.5, 0.6) is 6.01 Å². The average molecular weight is 357 g/mol. The number of carbonyl (C=O) groups excluding carboxylic acids is 1. The van der Waals surface area contributed by atoms with Crippen LogP contribution in [0.25, 0.3) is 11.4 Å². The van der Waals surface area contributed by atoms with Crippen molar-refractivity contribution >= 4 is 5.91 Å². The van der Waals surface area contributed by atoms with Crippen molar-refractivity contribution in [1.82, 2.24) is 14.8 Å². The minimum Gasteiger partial charge on any atom is -0.462 e. The molecule has 5 heteroatoms. The molecule has 0 saturated heterocycles. The summed E-state index contributed by atoms with van der Waals surface area (Å²) >= 11 is 0. The van der Waals surface area contributed by atoms with Gasteiger partial charge < -0.3 is 4.74 Å². The van der Waals surface area contributed by atoms with E-state index in [9.17, 15) is 4.79 Å². The highest BCUT2D eigenvalue weighted by Gasteiger charge is 2.24. The van der Waals surface area contributed by atoms with Crippen molar-refractivity contribution in [2.75, 3.05) is 6.61 Å². The quantitative estimate of drug-likeness (QED) is 0.623. The Bertz CT molecular complexity index is 705. The van der Waals surface area contributed by atoms with Gasteiger partial charge >= 0.3 is 6.01 Å². The van der Waals surface area contributed by atoms with Gasteiger partial charge in [0.25, 0.3) is 5.91 Å². The van der Waals surface area contributed by atoms with Gasteiger partial charge in [-0.25, -0.2) is 0 Å². The Morgan fingerprint density at radius 1 is 1.19 bits per heavy atom. The van der Waals surface area contributed by atoms with Crippen molar-refractivity contribution in [3.05, 3.63) is 29.8 Å². The highest BCUT2D eigenvalue weighted by Crippen LogP contribution is 2.24. The number of carbonyl (C=O) groups is 1. The van der Waals surface area contributed by atoms with E-state index >= 15 is 0 Å². The van der Waals surface area contributed by atoms with Crippen molar-refractivity contribution in [2.45, 2.75) is 60.3 Å². The second kappa shape index (κ2) is 9.51. The maximum absolute atomic E-state index is 13.1. The first-order valence-electron chi connectivity index (χ1n) is 9.67. The van der Waals surface area contributed by atoms with E-state index in [-0.39, 0.29) is 17.8 Å². The zero-order chi connectivity index (χ0) is 19.1. The lowest BCUT2D eigenvalue weighted by molar-refractivity contribution is 0.0804. The fourth-order valence-electron chi connectivity index (χ4n) is 2.76. The molecule has 0 amide bonds. The largest absolute Gasteiger partial charge is 0.462 e. The van der Waals surface area contributed by atoms with Gasteiger partial charge in [-0.05, 0) is 25.7 Å². The Morgan fingerprint density at radius 2 is 1.88 bits per heavy atom. The Balaban J connectivity index is 2.37. The van der Waals surface area contributed by atoms with Crippen LogP contribution in [0.3, 0.4) is 0 Å². The van der Waals surface area contributed by atoms with Gasteiger partial charge in [0.1, 0.15) is 0 Å². The molecule has 0 aliphatic heterocycles. The summed E-state index contributed by atoms with van der Waals surface area (Å²) in [7, 11) is 0. The normalized spacial score (nSPS) is 12.4. The lowest BCUT2D eigenvalue weighted by atomic mass is 9.98. The van der Waals surface area contributed by atoms with Crippen LogP contribution in [-0.4, -0.2) is 27.3 Å². The summed E-state index contributed by atoms with van der Waals surface area (Å²) in [6, 6.07) is 8.25. The number of rotatable bonds is 9. The van der Waals surface area contributed by atoms with Crippen molar-refractivity contribution in [2.24, 2.45) is 11.8 Å². The molecular weight excluding hydrogens is 326 g/mol. The molecule has 1 heterocycles. The molecule has 1 aromatic heterocycles. The second-order valence-corrected chi connectivity index (χ2v) is 7.29. The molecule has 26 heavy (non-hydrogen) atoms. The highest BCUT2D eigenvalue weighted by atomic mass is 16.5. The fraction of sp³-hybridized carbons (Fsp3) is 0.571. The van der Waals surface area contributed by atoms with Crippen molar-refractivity contribution < 1.29 is 9.53 Å². The van der Waals surface area contributed by atoms with Crippen LogP contribution in [0.2, 0.25) is 0 Å². The summed E-state index contributed by atoms with van der Waals surface area (Å²) in [6.45, 7) is 10.9. The van der Waals surface area contributed by atoms with E-state index < -0.39 is 0 Å². The number of aromatic nitrogens is 3. The molecule has 5 nitrogen and oxygen atoms in total. The number of hydrogen-bond donors (Lipinski definition) is 0. The predicted molar refractivity (Wildman–Crippen MR) is 104 cm³/mol. The van der Waals surface area contributed by atoms with Gasteiger partial charge in [0.15, 0.2) is 5.82 Å². The molecule has 1 atom stereocenters. The molecule has 0 saturated carbocycles. The number of nitrogens with zero attached hydrogens (tertiary/aromatic N) is 3. The summed E-state index contributed by atoms with van der Waals surface area (Å²) in [5.41, 5.74) is 2.04. The standard InChI is InChI=1S/C21H31N3O2/c1-6-8-9-17(7-2)20(25)24-19(18-12-10-16(5)11-13-18)22-21(23-24)26-14-15(3)4/h10-13,15,17H,6-9,14H2,1-5H3. The third-order valence-electron chi connectivity index (χ3n) is 4.40. The molecule has 1 unspecified atom stereocenters. The van der Waals surface area contributed by atoms with E-state index in [2.05, 4.69) is 37.8 Å². The van der Waals surface area contributed by atoms with Crippen LogP contribution < -0.4 is 4.74 Å². The Morgan fingerprint density at radius 3 is 2.46 bits per heavy atom. The van der Waals surface area contributed by atoms with Crippen LogP contribution in [0.4, 0.5) is 0 Å². The molecule has 0 radical (unpaired) electrons. The first kappa shape index (κ1) is 20.1. The average Bonchev–Trinajstić information content (AvgIpc) is 3.05. The lowest BCUT2D eigenvalue weighted by Gasteiger charge is -2.14. The van der Waals surface area contributed by atoms with E-state index in [1.165, 1.54) is 4.68 Å². The van der Waals surface area contributed by atoms with Crippen molar-refractivity contribution in [1.29, 1.82) is 0 Å². The fourth-order valence-corrected chi connectivity index (χ4v) is 2.76. The van der Waals surface area contributed by atoms with Crippen molar-refractivity contribution in [3.63, 3.8) is 0 Å². The molecule has 142 valence electrons. The minimum atomic E-state index is -0.0428. The van der Waals surface area contributed by atoms with Crippen LogP contribution in [-0.2, 0) is 0 Å². The summed E-state index contributed by atoms with van der Waals surface area (Å²) < 4.78 is 7.13. The number of aryl methyl sites for hydroxylation is 1. The first-order chi connectivity index (χ1) is 12.5. The summed E-state index contributed by atoms with van der Waals surface area (Å²) in [6.07, 6.45) is 3.79. The SMILES string of the molecule is CCCCC(CC)C(=O)n1nc(OCC(C)C)nc1-c1ccc(C)cc1. The molecule has 2 aromatic rings.